The van der Waals surface area contributed by atoms with E-state index in [4.69, 9.17) is 0 Å². The summed E-state index contributed by atoms with van der Waals surface area (Å²) < 4.78 is 21.2. The summed E-state index contributed by atoms with van der Waals surface area (Å²) in [5, 5.41) is 0. The van der Waals surface area contributed by atoms with Gasteiger partial charge in [0, 0.05) is 18.6 Å². The van der Waals surface area contributed by atoms with Gasteiger partial charge in [-0.2, -0.15) is 0 Å². The minimum atomic E-state index is -5.68. The Morgan fingerprint density at radius 2 is 1.08 bits per heavy atom. The Morgan fingerprint density at radius 3 is 1.08 bits per heavy atom. The molecule has 0 aromatic rings. The molecular formula is FeMnNaO7P2V+. The quantitative estimate of drug-likeness (QED) is 0.354. The summed E-state index contributed by atoms with van der Waals surface area (Å²) in [5.41, 5.74) is 0. The van der Waals surface area contributed by atoms with E-state index in [1.165, 1.54) is 0 Å². The van der Waals surface area contributed by atoms with Crippen LogP contribution in [-0.4, -0.2) is 0 Å². The van der Waals surface area contributed by atoms with E-state index in [1.807, 2.05) is 0 Å². The predicted molar refractivity (Wildman–Crippen MR) is 16.3 cm³/mol. The Kier molecular flexibility index (Phi) is 26.0. The smallest absolute Gasteiger partial charge is 0.790 e. The van der Waals surface area contributed by atoms with Crippen LogP contribution >= 0.6 is 15.6 Å². The van der Waals surface area contributed by atoms with Crippen LogP contribution in [0.3, 0.4) is 0 Å². The fraction of sp³-hybridized carbons (Fsp3) is 0. The van der Waals surface area contributed by atoms with Gasteiger partial charge in [0.2, 0.25) is 0 Å². The van der Waals surface area contributed by atoms with Gasteiger partial charge in [-0.05, 0) is 0 Å². The summed E-state index contributed by atoms with van der Waals surface area (Å²) in [7, 11) is -11.4. The van der Waals surface area contributed by atoms with Crippen LogP contribution in [0.5, 0.6) is 0 Å². The zero-order valence-corrected chi connectivity index (χ0v) is 13.4. The van der Waals surface area contributed by atoms with Gasteiger partial charge in [-0.15, -0.1) is 0 Å². The summed E-state index contributed by atoms with van der Waals surface area (Å²) >= 11 is 0. The van der Waals surface area contributed by atoms with Crippen molar-refractivity contribution < 1.29 is 115 Å². The molecule has 2 radical (unpaired) electrons. The van der Waals surface area contributed by atoms with E-state index in [9.17, 15) is 28.7 Å². The number of hydrogen-bond acceptors (Lipinski definition) is 7. The van der Waals surface area contributed by atoms with Gasteiger partial charge in [-0.1, -0.05) is 0 Å². The molecule has 0 saturated carbocycles. The van der Waals surface area contributed by atoms with Gasteiger partial charge < -0.3 is 33.0 Å². The Labute approximate surface area is 129 Å². The molecule has 0 fully saturated rings. The fourth-order valence-corrected chi connectivity index (χ4v) is 1.10. The molecule has 0 aromatic heterocycles. The van der Waals surface area contributed by atoms with Crippen LogP contribution in [-0.2, 0) is 66.1 Å². The van der Waals surface area contributed by atoms with E-state index >= 15 is 0 Å². The third kappa shape index (κ3) is 31.3. The summed E-state index contributed by atoms with van der Waals surface area (Å²) in [6.07, 6.45) is 0. The van der Waals surface area contributed by atoms with Gasteiger partial charge >= 0.3 is 63.7 Å². The van der Waals surface area contributed by atoms with Crippen molar-refractivity contribution in [2.75, 3.05) is 0 Å². The van der Waals surface area contributed by atoms with Crippen LogP contribution in [0.25, 0.3) is 0 Å². The van der Waals surface area contributed by atoms with Crippen molar-refractivity contribution in [3.05, 3.63) is 0 Å². The average Bonchev–Trinajstić information content (AvgIpc) is 1.14. The van der Waals surface area contributed by atoms with E-state index in [2.05, 4.69) is 4.31 Å². The van der Waals surface area contributed by atoms with Gasteiger partial charge in [0.15, 0.2) is 0 Å². The SMILES string of the molecule is O=P([O-])([O-])OP(=O)([O-])[O-].[Fe+2].[Mn+2].[Na+].[V]. The Bertz CT molecular complexity index is 167. The fourth-order valence-electron chi connectivity index (χ4n) is 0.122. The summed E-state index contributed by atoms with van der Waals surface area (Å²) in [4.78, 5) is 37.3. The van der Waals surface area contributed by atoms with Gasteiger partial charge in [0.05, 0.1) is 15.6 Å². The number of rotatable bonds is 2. The van der Waals surface area contributed by atoms with Crippen molar-refractivity contribution in [3.63, 3.8) is 0 Å². The molecule has 7 nitrogen and oxygen atoms in total. The predicted octanol–water partition coefficient (Wildman–Crippen LogP) is -6.34. The largest absolute Gasteiger partial charge is 2.00 e. The molecule has 0 N–H and O–H groups in total. The standard InChI is InChI=1S/Fe.Mn.Na.H4O7P2.V/c;;;1-8(2,3)7-9(4,5)6;/h;;;(H2,1,2,3)(H2,4,5,6);/q2*+2;+1;;/p-4. The van der Waals surface area contributed by atoms with Crippen LogP contribution in [0.4, 0.5) is 0 Å². The molecule has 0 saturated heterocycles. The maximum Gasteiger partial charge on any atom is 2.00 e. The van der Waals surface area contributed by atoms with Crippen molar-refractivity contribution in [3.8, 4) is 0 Å². The molecule has 0 aliphatic rings. The monoisotopic (exact) mass is 359 g/mol. The second kappa shape index (κ2) is 11.4. The van der Waals surface area contributed by atoms with Crippen molar-refractivity contribution in [2.24, 2.45) is 0 Å². The second-order valence-electron chi connectivity index (χ2n) is 0.976. The van der Waals surface area contributed by atoms with Crippen molar-refractivity contribution >= 4 is 15.6 Å². The molecule has 0 amide bonds. The second-order valence-corrected chi connectivity index (χ2v) is 3.42. The first-order chi connectivity index (χ1) is 3.71. The number of hydrogen-bond donors (Lipinski definition) is 0. The van der Waals surface area contributed by atoms with Crippen molar-refractivity contribution in [1.29, 1.82) is 0 Å². The van der Waals surface area contributed by atoms with E-state index in [1.54, 1.807) is 0 Å². The average molecular weight is 359 g/mol. The molecular weight excluding hydrogens is 359 g/mol. The van der Waals surface area contributed by atoms with Crippen molar-refractivity contribution in [2.45, 2.75) is 0 Å². The molecule has 13 heavy (non-hydrogen) atoms. The zero-order chi connectivity index (χ0) is 7.71. The third-order valence-corrected chi connectivity index (χ3v) is 1.80. The topological polar surface area (TPSA) is 136 Å². The Balaban J connectivity index is -0.0000000533. The zero-order valence-electron chi connectivity index (χ0n) is 5.93. The van der Waals surface area contributed by atoms with Crippen LogP contribution in [0, 0.1) is 0 Å². The van der Waals surface area contributed by atoms with Gasteiger partial charge in [-0.3, -0.25) is 0 Å². The van der Waals surface area contributed by atoms with Crippen LogP contribution < -0.4 is 49.1 Å². The molecule has 0 rings (SSSR count). The molecule has 72 valence electrons. The first kappa shape index (κ1) is 29.7. The minimum absolute atomic E-state index is 0. The Morgan fingerprint density at radius 1 is 0.923 bits per heavy atom. The first-order valence-electron chi connectivity index (χ1n) is 1.46. The molecule has 0 bridgehead atoms. The molecule has 0 aromatic carbocycles. The van der Waals surface area contributed by atoms with Gasteiger partial charge in [0.1, 0.15) is 0 Å². The van der Waals surface area contributed by atoms with Gasteiger partial charge in [0.25, 0.3) is 0 Å². The summed E-state index contributed by atoms with van der Waals surface area (Å²) in [6.45, 7) is 0. The first-order valence-corrected chi connectivity index (χ1v) is 4.38. The third-order valence-electron chi connectivity index (χ3n) is 0.200. The number of phosphoric acid groups is 2. The molecule has 0 heterocycles. The molecule has 0 aliphatic heterocycles. The van der Waals surface area contributed by atoms with Gasteiger partial charge in [-0.25, -0.2) is 0 Å². The molecule has 0 atom stereocenters. The van der Waals surface area contributed by atoms with Crippen LogP contribution in [0.2, 0.25) is 0 Å². The molecule has 0 aliphatic carbocycles. The van der Waals surface area contributed by atoms with E-state index in [-0.39, 0.29) is 82.3 Å². The summed E-state index contributed by atoms with van der Waals surface area (Å²) in [5.74, 6) is 0. The minimum Gasteiger partial charge on any atom is -0.790 e. The molecule has 13 heteroatoms. The summed E-state index contributed by atoms with van der Waals surface area (Å²) in [6, 6.07) is 0. The van der Waals surface area contributed by atoms with E-state index in [0.29, 0.717) is 0 Å². The maximum atomic E-state index is 9.32. The maximum absolute atomic E-state index is 9.32. The normalized spacial score (nSPS) is 9.54. The van der Waals surface area contributed by atoms with Crippen molar-refractivity contribution in [1.82, 2.24) is 0 Å². The van der Waals surface area contributed by atoms with Crippen LogP contribution in [0.1, 0.15) is 0 Å². The molecule has 0 unspecified atom stereocenters. The van der Waals surface area contributed by atoms with E-state index < -0.39 is 15.6 Å². The van der Waals surface area contributed by atoms with Crippen LogP contribution in [0.15, 0.2) is 0 Å². The Hall–Kier alpha value is 2.88. The van der Waals surface area contributed by atoms with E-state index in [0.717, 1.165) is 0 Å². The molecule has 0 spiro atoms.